The molecule has 0 fully saturated rings. The van der Waals surface area contributed by atoms with Crippen molar-refractivity contribution in [2.45, 2.75) is 25.7 Å². The first-order chi connectivity index (χ1) is 11.9. The predicted molar refractivity (Wildman–Crippen MR) is 92.0 cm³/mol. The molecule has 0 N–H and O–H groups in total. The summed E-state index contributed by atoms with van der Waals surface area (Å²) in [7, 11) is -4.03. The number of hydrogen-bond acceptors (Lipinski definition) is 6. The summed E-state index contributed by atoms with van der Waals surface area (Å²) in [5, 5.41) is 0.532. The Kier molecular flexibility index (Phi) is 4.30. The predicted octanol–water partition coefficient (Wildman–Crippen LogP) is 2.46. The molecule has 1 aromatic carbocycles. The largest absolute Gasteiger partial charge is 0.461 e. The fourth-order valence-corrected chi connectivity index (χ4v) is 4.33. The van der Waals surface area contributed by atoms with E-state index in [0.29, 0.717) is 16.6 Å². The Hall–Kier alpha value is -2.74. The number of ether oxygens (including phenoxy) is 1. The van der Waals surface area contributed by atoms with Gasteiger partial charge in [-0.1, -0.05) is 18.2 Å². The number of aryl methyl sites for hydroxylation is 2. The van der Waals surface area contributed by atoms with Crippen LogP contribution >= 0.6 is 0 Å². The minimum Gasteiger partial charge on any atom is -0.461 e. The molecule has 0 atom stereocenters. The molecular formula is C17H17N3O4S. The van der Waals surface area contributed by atoms with E-state index in [-0.39, 0.29) is 22.8 Å². The topological polar surface area (TPSA) is 91.2 Å². The molecule has 8 heteroatoms. The molecule has 7 nitrogen and oxygen atoms in total. The van der Waals surface area contributed by atoms with E-state index in [9.17, 15) is 13.2 Å². The van der Waals surface area contributed by atoms with Crippen LogP contribution in [0.3, 0.4) is 0 Å². The van der Waals surface area contributed by atoms with Gasteiger partial charge in [-0.15, -0.1) is 0 Å². The molecule has 0 saturated heterocycles. The van der Waals surface area contributed by atoms with Gasteiger partial charge in [0.25, 0.3) is 10.0 Å². The highest BCUT2D eigenvalue weighted by Crippen LogP contribution is 2.30. The minimum absolute atomic E-state index is 0.0516. The number of esters is 1. The van der Waals surface area contributed by atoms with Crippen LogP contribution in [0.25, 0.3) is 11.0 Å². The monoisotopic (exact) mass is 359 g/mol. The summed E-state index contributed by atoms with van der Waals surface area (Å²) >= 11 is 0. The van der Waals surface area contributed by atoms with Gasteiger partial charge in [-0.05, 0) is 38.5 Å². The van der Waals surface area contributed by atoms with Gasteiger partial charge in [0.05, 0.1) is 17.2 Å². The van der Waals surface area contributed by atoms with Crippen LogP contribution in [0.15, 0.2) is 41.6 Å². The van der Waals surface area contributed by atoms with Gasteiger partial charge in [0.1, 0.15) is 12.0 Å². The van der Waals surface area contributed by atoms with E-state index >= 15 is 0 Å². The second-order valence-corrected chi connectivity index (χ2v) is 7.22. The van der Waals surface area contributed by atoms with Crippen LogP contribution in [0, 0.1) is 13.8 Å². The van der Waals surface area contributed by atoms with Crippen LogP contribution in [0.1, 0.15) is 28.7 Å². The Morgan fingerprint density at radius 2 is 1.84 bits per heavy atom. The fourth-order valence-electron chi connectivity index (χ4n) is 2.80. The summed E-state index contributed by atoms with van der Waals surface area (Å²) < 4.78 is 32.4. The molecule has 0 spiro atoms. The molecule has 3 aromatic rings. The average Bonchev–Trinajstić information content (AvgIpc) is 2.90. The Bertz CT molecular complexity index is 1060. The number of hydrogen-bond donors (Lipinski definition) is 0. The van der Waals surface area contributed by atoms with Crippen molar-refractivity contribution < 1.29 is 17.9 Å². The summed E-state index contributed by atoms with van der Waals surface area (Å²) in [6, 6.07) is 7.90. The van der Waals surface area contributed by atoms with Gasteiger partial charge in [0.15, 0.2) is 5.65 Å². The number of benzene rings is 1. The molecular weight excluding hydrogens is 342 g/mol. The van der Waals surface area contributed by atoms with Gasteiger partial charge in [-0.3, -0.25) is 0 Å². The normalized spacial score (nSPS) is 11.6. The molecule has 2 heterocycles. The van der Waals surface area contributed by atoms with Crippen molar-refractivity contribution in [3.63, 3.8) is 0 Å². The van der Waals surface area contributed by atoms with E-state index in [2.05, 4.69) is 9.97 Å². The van der Waals surface area contributed by atoms with E-state index < -0.39 is 16.0 Å². The Morgan fingerprint density at radius 1 is 1.16 bits per heavy atom. The maximum Gasteiger partial charge on any atom is 0.356 e. The quantitative estimate of drug-likeness (QED) is 0.665. The Labute approximate surface area is 145 Å². The lowest BCUT2D eigenvalue weighted by molar-refractivity contribution is 0.0517. The molecule has 0 aliphatic carbocycles. The third kappa shape index (κ3) is 2.68. The highest BCUT2D eigenvalue weighted by Gasteiger charge is 2.31. The van der Waals surface area contributed by atoms with E-state index in [4.69, 9.17) is 4.74 Å². The van der Waals surface area contributed by atoms with Crippen molar-refractivity contribution in [2.24, 2.45) is 0 Å². The van der Waals surface area contributed by atoms with Crippen LogP contribution in [0.4, 0.5) is 0 Å². The first-order valence-corrected chi connectivity index (χ1v) is 9.14. The number of aromatic nitrogens is 3. The smallest absolute Gasteiger partial charge is 0.356 e. The van der Waals surface area contributed by atoms with Gasteiger partial charge in [-0.25, -0.2) is 27.2 Å². The van der Waals surface area contributed by atoms with Gasteiger partial charge in [-0.2, -0.15) is 0 Å². The van der Waals surface area contributed by atoms with Crippen molar-refractivity contribution in [1.82, 2.24) is 13.9 Å². The van der Waals surface area contributed by atoms with E-state index in [1.807, 2.05) is 0 Å². The van der Waals surface area contributed by atoms with E-state index in [1.165, 1.54) is 18.5 Å². The van der Waals surface area contributed by atoms with Gasteiger partial charge in [0.2, 0.25) is 0 Å². The van der Waals surface area contributed by atoms with Crippen LogP contribution in [0.5, 0.6) is 0 Å². The molecule has 0 aliphatic heterocycles. The van der Waals surface area contributed by atoms with Crippen LogP contribution < -0.4 is 0 Å². The maximum absolute atomic E-state index is 13.2. The maximum atomic E-state index is 13.2. The third-order valence-electron chi connectivity index (χ3n) is 3.89. The van der Waals surface area contributed by atoms with E-state index in [0.717, 1.165) is 3.97 Å². The summed E-state index contributed by atoms with van der Waals surface area (Å²) in [5.41, 5.74) is 1.18. The number of carbonyl (C=O) groups is 1. The lowest BCUT2D eigenvalue weighted by Crippen LogP contribution is -2.21. The van der Waals surface area contributed by atoms with E-state index in [1.54, 1.807) is 39.0 Å². The van der Waals surface area contributed by atoms with Gasteiger partial charge in [0, 0.05) is 5.39 Å². The lowest BCUT2D eigenvalue weighted by atomic mass is 10.1. The number of nitrogens with zero attached hydrogens (tertiary/aromatic N) is 3. The van der Waals surface area contributed by atoms with Crippen molar-refractivity contribution >= 4 is 27.0 Å². The minimum atomic E-state index is -4.03. The molecule has 3 rings (SSSR count). The van der Waals surface area contributed by atoms with Crippen LogP contribution in [-0.2, 0) is 14.8 Å². The molecule has 0 saturated carbocycles. The van der Waals surface area contributed by atoms with Gasteiger partial charge >= 0.3 is 5.97 Å². The van der Waals surface area contributed by atoms with Crippen molar-refractivity contribution in [3.05, 3.63) is 53.6 Å². The standard InChI is InChI=1S/C17H17N3O4S/c1-4-24-17(21)15-11(2)14-12(3)18-10-19-16(14)20(15)25(22,23)13-8-6-5-7-9-13/h5-10H,4H2,1-3H3. The molecule has 0 bridgehead atoms. The first-order valence-electron chi connectivity index (χ1n) is 7.70. The lowest BCUT2D eigenvalue weighted by Gasteiger charge is -2.11. The third-order valence-corrected chi connectivity index (χ3v) is 5.60. The van der Waals surface area contributed by atoms with Crippen molar-refractivity contribution in [1.29, 1.82) is 0 Å². The number of rotatable bonds is 4. The Morgan fingerprint density at radius 3 is 2.48 bits per heavy atom. The molecule has 0 amide bonds. The average molecular weight is 359 g/mol. The zero-order chi connectivity index (χ0) is 18.2. The zero-order valence-corrected chi connectivity index (χ0v) is 14.9. The second-order valence-electron chi connectivity index (χ2n) is 5.43. The highest BCUT2D eigenvalue weighted by molar-refractivity contribution is 7.90. The molecule has 0 unspecified atom stereocenters. The molecule has 2 aromatic heterocycles. The number of fused-ring (bicyclic) bond motifs is 1. The van der Waals surface area contributed by atoms with Crippen molar-refractivity contribution in [3.8, 4) is 0 Å². The summed E-state index contributed by atoms with van der Waals surface area (Å²) in [6.45, 7) is 5.21. The molecule has 0 radical (unpaired) electrons. The SMILES string of the molecule is CCOC(=O)c1c(C)c2c(C)ncnc2n1S(=O)(=O)c1ccccc1. The molecule has 0 aliphatic rings. The summed E-state index contributed by atoms with van der Waals surface area (Å²) in [5.74, 6) is -0.711. The van der Waals surface area contributed by atoms with Crippen LogP contribution in [0.2, 0.25) is 0 Å². The first kappa shape index (κ1) is 17.1. The zero-order valence-electron chi connectivity index (χ0n) is 14.1. The molecule has 25 heavy (non-hydrogen) atoms. The van der Waals surface area contributed by atoms with Gasteiger partial charge < -0.3 is 4.74 Å². The summed E-state index contributed by atoms with van der Waals surface area (Å²) in [4.78, 5) is 20.8. The molecule has 130 valence electrons. The Balaban J connectivity index is 2.43. The highest BCUT2D eigenvalue weighted by atomic mass is 32.2. The second kappa shape index (κ2) is 6.29. The fraction of sp³-hybridized carbons (Fsp3) is 0.235. The van der Waals surface area contributed by atoms with Crippen molar-refractivity contribution in [2.75, 3.05) is 6.61 Å². The number of carbonyl (C=O) groups excluding carboxylic acids is 1. The summed E-state index contributed by atoms with van der Waals surface area (Å²) in [6.07, 6.45) is 1.28. The van der Waals surface area contributed by atoms with Crippen LogP contribution in [-0.4, -0.2) is 34.9 Å².